The minimum Gasteiger partial charge on any atom is -0.481 e. The first-order valence-electron chi connectivity index (χ1n) is 10.8. The Morgan fingerprint density at radius 3 is 2.18 bits per heavy atom. The van der Waals surface area contributed by atoms with Crippen molar-refractivity contribution in [3.63, 3.8) is 0 Å². The van der Waals surface area contributed by atoms with Gasteiger partial charge in [0.1, 0.15) is 5.82 Å². The molecule has 0 amide bonds. The summed E-state index contributed by atoms with van der Waals surface area (Å²) in [7, 11) is -3.92. The highest BCUT2D eigenvalue weighted by atomic mass is 32.2. The van der Waals surface area contributed by atoms with Gasteiger partial charge in [-0.15, -0.1) is 0 Å². The molecule has 2 aromatic carbocycles. The van der Waals surface area contributed by atoms with Crippen LogP contribution in [0.1, 0.15) is 30.5 Å². The third kappa shape index (κ3) is 4.38. The van der Waals surface area contributed by atoms with E-state index in [0.717, 1.165) is 11.6 Å². The predicted octanol–water partition coefficient (Wildman–Crippen LogP) is 3.93. The van der Waals surface area contributed by atoms with Crippen LogP contribution in [-0.2, 0) is 33.8 Å². The van der Waals surface area contributed by atoms with E-state index >= 15 is 0 Å². The first-order valence-corrected chi connectivity index (χ1v) is 12.2. The molecule has 1 saturated heterocycles. The topological polar surface area (TPSA) is 77.9 Å². The molecule has 0 aromatic heterocycles. The first kappa shape index (κ1) is 24.5. The van der Waals surface area contributed by atoms with Gasteiger partial charge in [0.15, 0.2) is 0 Å². The van der Waals surface area contributed by atoms with Crippen LogP contribution in [-0.4, -0.2) is 49.0 Å². The van der Waals surface area contributed by atoms with E-state index in [9.17, 15) is 35.9 Å². The zero-order chi connectivity index (χ0) is 25.0. The minimum absolute atomic E-state index is 0.0741. The molecule has 1 N–H and O–H groups in total. The second-order valence-electron chi connectivity index (χ2n) is 8.97. The number of aliphatic carboxylic acids is 1. The maximum atomic E-state index is 14.1. The van der Waals surface area contributed by atoms with Crippen molar-refractivity contribution in [1.82, 2.24) is 4.31 Å². The normalized spacial score (nSPS) is 23.7. The molecule has 0 spiro atoms. The minimum atomic E-state index is -4.80. The smallest absolute Gasteiger partial charge is 0.419 e. The molecule has 11 heteroatoms. The lowest BCUT2D eigenvalue weighted by atomic mass is 10.1. The Bertz CT molecular complexity index is 1220. The van der Waals surface area contributed by atoms with Gasteiger partial charge >= 0.3 is 12.1 Å². The highest BCUT2D eigenvalue weighted by Crippen LogP contribution is 2.35. The average Bonchev–Trinajstić information content (AvgIpc) is 3.16. The quantitative estimate of drug-likeness (QED) is 0.644. The standard InChI is InChI=1S/C23H24F4N2O4S/c1-13-11-28(18-4-6-20(21(24)10-18)23(25,26)27)12-14(2)29(13)34(32,33)19-5-3-15-7-17(22(30)31)8-16(15)9-19/h3-6,9-10,13-14,17H,7-8,11-12H2,1-2H3,(H,30,31)/t13-,14+,17?. The average molecular weight is 501 g/mol. The summed E-state index contributed by atoms with van der Waals surface area (Å²) >= 11 is 0. The summed E-state index contributed by atoms with van der Waals surface area (Å²) in [6.07, 6.45) is -4.16. The first-order chi connectivity index (χ1) is 15.8. The number of alkyl halides is 3. The Morgan fingerprint density at radius 2 is 1.62 bits per heavy atom. The monoisotopic (exact) mass is 500 g/mol. The molecule has 1 fully saturated rings. The number of sulfonamides is 1. The zero-order valence-electron chi connectivity index (χ0n) is 18.5. The van der Waals surface area contributed by atoms with Crippen LogP contribution in [0.4, 0.5) is 23.2 Å². The number of carboxylic acids is 1. The van der Waals surface area contributed by atoms with E-state index in [1.807, 2.05) is 0 Å². The lowest BCUT2D eigenvalue weighted by Crippen LogP contribution is -2.58. The molecule has 0 saturated carbocycles. The lowest BCUT2D eigenvalue weighted by molar-refractivity contribution is -0.141. The van der Waals surface area contributed by atoms with E-state index in [-0.39, 0.29) is 30.1 Å². The number of halogens is 4. The molecule has 1 unspecified atom stereocenters. The number of hydrogen-bond acceptors (Lipinski definition) is 4. The predicted molar refractivity (Wildman–Crippen MR) is 117 cm³/mol. The number of carbonyl (C=O) groups is 1. The molecule has 1 aliphatic heterocycles. The number of anilines is 1. The van der Waals surface area contributed by atoms with E-state index < -0.39 is 51.6 Å². The zero-order valence-corrected chi connectivity index (χ0v) is 19.3. The van der Waals surface area contributed by atoms with Crippen molar-refractivity contribution in [2.75, 3.05) is 18.0 Å². The van der Waals surface area contributed by atoms with Gasteiger partial charge in [-0.1, -0.05) is 6.07 Å². The van der Waals surface area contributed by atoms with Crippen molar-refractivity contribution in [1.29, 1.82) is 0 Å². The summed E-state index contributed by atoms with van der Waals surface area (Å²) < 4.78 is 81.0. The molecular formula is C23H24F4N2O4S. The fourth-order valence-corrected chi connectivity index (χ4v) is 6.83. The molecule has 4 rings (SSSR count). The van der Waals surface area contributed by atoms with Crippen molar-refractivity contribution in [2.45, 2.75) is 49.8 Å². The third-order valence-corrected chi connectivity index (χ3v) is 8.62. The molecule has 1 aliphatic carbocycles. The van der Waals surface area contributed by atoms with Crippen LogP contribution in [0.15, 0.2) is 41.3 Å². The molecule has 2 aliphatic rings. The Kier molecular flexibility index (Phi) is 6.14. The van der Waals surface area contributed by atoms with E-state index in [2.05, 4.69) is 0 Å². The molecule has 6 nitrogen and oxygen atoms in total. The fraction of sp³-hybridized carbons (Fsp3) is 0.435. The summed E-state index contributed by atoms with van der Waals surface area (Å²) in [6.45, 7) is 3.71. The van der Waals surface area contributed by atoms with Gasteiger partial charge in [0.2, 0.25) is 10.0 Å². The molecule has 0 bridgehead atoms. The molecule has 0 radical (unpaired) electrons. The van der Waals surface area contributed by atoms with Crippen molar-refractivity contribution >= 4 is 21.7 Å². The largest absolute Gasteiger partial charge is 0.481 e. The van der Waals surface area contributed by atoms with Crippen molar-refractivity contribution in [3.05, 3.63) is 58.9 Å². The van der Waals surface area contributed by atoms with E-state index in [4.69, 9.17) is 0 Å². The van der Waals surface area contributed by atoms with E-state index in [1.165, 1.54) is 22.5 Å². The van der Waals surface area contributed by atoms with E-state index in [1.54, 1.807) is 24.8 Å². The van der Waals surface area contributed by atoms with Gasteiger partial charge in [0, 0.05) is 30.9 Å². The van der Waals surface area contributed by atoms with Crippen LogP contribution < -0.4 is 4.90 Å². The Morgan fingerprint density at radius 1 is 1.00 bits per heavy atom. The van der Waals surface area contributed by atoms with Gasteiger partial charge in [-0.3, -0.25) is 4.79 Å². The van der Waals surface area contributed by atoms with Gasteiger partial charge in [-0.05, 0) is 68.1 Å². The van der Waals surface area contributed by atoms with Gasteiger partial charge < -0.3 is 10.0 Å². The number of benzene rings is 2. The molecule has 34 heavy (non-hydrogen) atoms. The number of rotatable bonds is 4. The highest BCUT2D eigenvalue weighted by molar-refractivity contribution is 7.89. The molecule has 2 aromatic rings. The molecule has 1 heterocycles. The van der Waals surface area contributed by atoms with Crippen LogP contribution >= 0.6 is 0 Å². The second kappa shape index (κ2) is 8.53. The number of carboxylic acid groups (broad SMARTS) is 1. The third-order valence-electron chi connectivity index (χ3n) is 6.50. The van der Waals surface area contributed by atoms with Crippen LogP contribution in [0.3, 0.4) is 0 Å². The fourth-order valence-electron chi connectivity index (χ4n) is 4.97. The number of piperazine rings is 1. The molecule has 184 valence electrons. The van der Waals surface area contributed by atoms with Crippen molar-refractivity contribution in [2.24, 2.45) is 5.92 Å². The van der Waals surface area contributed by atoms with Gasteiger partial charge in [-0.25, -0.2) is 12.8 Å². The van der Waals surface area contributed by atoms with Crippen LogP contribution in [0.2, 0.25) is 0 Å². The number of nitrogens with zero attached hydrogens (tertiary/aromatic N) is 2. The van der Waals surface area contributed by atoms with Gasteiger partial charge in [0.05, 0.1) is 16.4 Å². The lowest BCUT2D eigenvalue weighted by Gasteiger charge is -2.44. The van der Waals surface area contributed by atoms with E-state index in [0.29, 0.717) is 18.1 Å². The second-order valence-corrected chi connectivity index (χ2v) is 10.8. The van der Waals surface area contributed by atoms with Crippen molar-refractivity contribution < 1.29 is 35.9 Å². The van der Waals surface area contributed by atoms with Crippen LogP contribution in [0, 0.1) is 11.7 Å². The number of fused-ring (bicyclic) bond motifs is 1. The maximum absolute atomic E-state index is 14.1. The summed E-state index contributed by atoms with van der Waals surface area (Å²) in [5, 5.41) is 9.27. The van der Waals surface area contributed by atoms with Gasteiger partial charge in [0.25, 0.3) is 0 Å². The van der Waals surface area contributed by atoms with Crippen LogP contribution in [0.5, 0.6) is 0 Å². The maximum Gasteiger partial charge on any atom is 0.419 e. The Balaban J connectivity index is 1.56. The Labute approximate surface area is 194 Å². The highest BCUT2D eigenvalue weighted by Gasteiger charge is 2.40. The number of hydrogen-bond donors (Lipinski definition) is 1. The van der Waals surface area contributed by atoms with Crippen LogP contribution in [0.25, 0.3) is 0 Å². The summed E-state index contributed by atoms with van der Waals surface area (Å²) in [4.78, 5) is 13.1. The SMILES string of the molecule is C[C@@H]1CN(c2ccc(C(F)(F)F)c(F)c2)C[C@H](C)N1S(=O)(=O)c1ccc2c(c1)CC(C(=O)O)C2. The van der Waals surface area contributed by atoms with Crippen molar-refractivity contribution in [3.8, 4) is 0 Å². The summed E-state index contributed by atoms with van der Waals surface area (Å²) in [5.74, 6) is -2.87. The molecule has 3 atom stereocenters. The summed E-state index contributed by atoms with van der Waals surface area (Å²) in [6, 6.07) is 6.29. The summed E-state index contributed by atoms with van der Waals surface area (Å²) in [5.41, 5.74) is 0.424. The van der Waals surface area contributed by atoms with Gasteiger partial charge in [-0.2, -0.15) is 17.5 Å². The Hall–Kier alpha value is -2.66. The molecular weight excluding hydrogens is 476 g/mol.